The molecule has 172 valence electrons. The highest BCUT2D eigenvalue weighted by atomic mass is 16.3. The molecule has 0 saturated carbocycles. The first kappa shape index (κ1) is 21.6. The molecule has 5 rings (SSSR count). The van der Waals surface area contributed by atoms with Crippen LogP contribution in [-0.4, -0.2) is 39.0 Å². The van der Waals surface area contributed by atoms with Crippen molar-refractivity contribution in [1.29, 1.82) is 0 Å². The van der Waals surface area contributed by atoms with E-state index in [0.29, 0.717) is 24.3 Å². The Kier molecular flexibility index (Phi) is 5.66. The largest absolute Gasteiger partial charge is 0.396 e. The number of benzene rings is 1. The van der Waals surface area contributed by atoms with Gasteiger partial charge in [0.1, 0.15) is 0 Å². The lowest BCUT2D eigenvalue weighted by Crippen LogP contribution is -2.48. The van der Waals surface area contributed by atoms with Crippen LogP contribution in [0.4, 0.5) is 0 Å². The molecule has 1 aliphatic carbocycles. The summed E-state index contributed by atoms with van der Waals surface area (Å²) in [7, 11) is 0. The summed E-state index contributed by atoms with van der Waals surface area (Å²) in [5.41, 5.74) is 3.36. The van der Waals surface area contributed by atoms with Gasteiger partial charge in [0.2, 0.25) is 11.8 Å². The molecule has 2 aliphatic heterocycles. The van der Waals surface area contributed by atoms with Crippen molar-refractivity contribution in [3.05, 3.63) is 75.7 Å². The van der Waals surface area contributed by atoms with Crippen molar-refractivity contribution in [3.8, 4) is 0 Å². The molecule has 7 heteroatoms. The SMILES string of the molecule is CC(=O)N1[C@@H]2c3ccc(C4=CCCC4)c(=O)n3C[C@H]1[C@H](CO)[C@H]2C(=O)NCc1ccccc1. The average molecular weight is 448 g/mol. The third-order valence-electron chi connectivity index (χ3n) is 7.41. The van der Waals surface area contributed by atoms with Gasteiger partial charge in [-0.05, 0) is 42.5 Å². The van der Waals surface area contributed by atoms with Gasteiger partial charge < -0.3 is 19.9 Å². The number of rotatable bonds is 5. The van der Waals surface area contributed by atoms with Gasteiger partial charge in [0.05, 0.1) is 18.0 Å². The number of fused-ring (bicyclic) bond motifs is 4. The molecule has 1 fully saturated rings. The Morgan fingerprint density at radius 2 is 1.94 bits per heavy atom. The molecule has 1 aromatic heterocycles. The van der Waals surface area contributed by atoms with Crippen LogP contribution in [0.1, 0.15) is 49.0 Å². The van der Waals surface area contributed by atoms with Crippen molar-refractivity contribution < 1.29 is 14.7 Å². The van der Waals surface area contributed by atoms with Crippen molar-refractivity contribution in [3.63, 3.8) is 0 Å². The average Bonchev–Trinajstić information content (AvgIpc) is 3.43. The summed E-state index contributed by atoms with van der Waals surface area (Å²) in [5.74, 6) is -1.43. The van der Waals surface area contributed by atoms with Gasteiger partial charge in [-0.3, -0.25) is 14.4 Å². The Balaban J connectivity index is 1.53. The Morgan fingerprint density at radius 1 is 1.15 bits per heavy atom. The molecule has 3 aliphatic rings. The fourth-order valence-electron chi connectivity index (χ4n) is 5.90. The first-order chi connectivity index (χ1) is 16.0. The lowest BCUT2D eigenvalue weighted by Gasteiger charge is -2.37. The van der Waals surface area contributed by atoms with E-state index in [-0.39, 0.29) is 24.0 Å². The molecule has 0 radical (unpaired) electrons. The molecule has 2 aromatic rings. The third kappa shape index (κ3) is 3.60. The molecular weight excluding hydrogens is 418 g/mol. The van der Waals surface area contributed by atoms with E-state index in [1.54, 1.807) is 9.47 Å². The minimum Gasteiger partial charge on any atom is -0.396 e. The normalized spacial score (nSPS) is 25.5. The summed E-state index contributed by atoms with van der Waals surface area (Å²) in [4.78, 5) is 41.2. The molecule has 0 unspecified atom stereocenters. The van der Waals surface area contributed by atoms with Crippen LogP contribution in [0.5, 0.6) is 0 Å². The van der Waals surface area contributed by atoms with Gasteiger partial charge in [-0.1, -0.05) is 36.4 Å². The summed E-state index contributed by atoms with van der Waals surface area (Å²) in [6.07, 6.45) is 5.05. The maximum Gasteiger partial charge on any atom is 0.258 e. The predicted octanol–water partition coefficient (Wildman–Crippen LogP) is 2.24. The highest BCUT2D eigenvalue weighted by Gasteiger charge is 2.56. The number of amides is 2. The lowest BCUT2D eigenvalue weighted by atomic mass is 9.86. The van der Waals surface area contributed by atoms with Gasteiger partial charge in [-0.2, -0.15) is 0 Å². The minimum atomic E-state index is -0.627. The summed E-state index contributed by atoms with van der Waals surface area (Å²) in [6, 6.07) is 12.4. The first-order valence-corrected chi connectivity index (χ1v) is 11.7. The maximum atomic E-state index is 13.4. The molecule has 1 saturated heterocycles. The second-order valence-electron chi connectivity index (χ2n) is 9.22. The molecule has 33 heavy (non-hydrogen) atoms. The predicted molar refractivity (Wildman–Crippen MR) is 124 cm³/mol. The van der Waals surface area contributed by atoms with E-state index in [1.165, 1.54) is 6.92 Å². The molecule has 1 aromatic carbocycles. The second kappa shape index (κ2) is 8.63. The number of aliphatic hydroxyl groups excluding tert-OH is 1. The third-order valence-corrected chi connectivity index (χ3v) is 7.41. The zero-order chi connectivity index (χ0) is 23.1. The Morgan fingerprint density at radius 3 is 2.61 bits per heavy atom. The quantitative estimate of drug-likeness (QED) is 0.736. The molecule has 4 atom stereocenters. The van der Waals surface area contributed by atoms with Gasteiger partial charge in [0.25, 0.3) is 5.56 Å². The van der Waals surface area contributed by atoms with Crippen LogP contribution in [0.15, 0.2) is 53.3 Å². The van der Waals surface area contributed by atoms with E-state index in [4.69, 9.17) is 0 Å². The van der Waals surface area contributed by atoms with E-state index in [9.17, 15) is 19.5 Å². The Bertz CT molecular complexity index is 1170. The fraction of sp³-hybridized carbons (Fsp3) is 0.423. The summed E-state index contributed by atoms with van der Waals surface area (Å²) in [5, 5.41) is 13.3. The zero-order valence-electron chi connectivity index (χ0n) is 18.7. The Labute approximate surface area is 192 Å². The highest BCUT2D eigenvalue weighted by molar-refractivity contribution is 5.83. The van der Waals surface area contributed by atoms with Crippen LogP contribution < -0.4 is 10.9 Å². The summed E-state index contributed by atoms with van der Waals surface area (Å²) >= 11 is 0. The van der Waals surface area contributed by atoms with Gasteiger partial charge in [0.15, 0.2) is 0 Å². The van der Waals surface area contributed by atoms with Crippen LogP contribution in [0.2, 0.25) is 0 Å². The number of nitrogens with one attached hydrogen (secondary N) is 1. The smallest absolute Gasteiger partial charge is 0.258 e. The van der Waals surface area contributed by atoms with Crippen molar-refractivity contribution in [2.75, 3.05) is 6.61 Å². The number of allylic oxidation sites excluding steroid dienone is 2. The van der Waals surface area contributed by atoms with Crippen molar-refractivity contribution in [1.82, 2.24) is 14.8 Å². The van der Waals surface area contributed by atoms with Crippen LogP contribution in [0, 0.1) is 11.8 Å². The molecule has 2 N–H and O–H groups in total. The van der Waals surface area contributed by atoms with Gasteiger partial charge >= 0.3 is 0 Å². The van der Waals surface area contributed by atoms with Crippen molar-refractivity contribution >= 4 is 17.4 Å². The van der Waals surface area contributed by atoms with Crippen LogP contribution in [0.3, 0.4) is 0 Å². The lowest BCUT2D eigenvalue weighted by molar-refractivity contribution is -0.134. The van der Waals surface area contributed by atoms with Crippen molar-refractivity contribution in [2.45, 2.75) is 51.4 Å². The minimum absolute atomic E-state index is 0.0686. The van der Waals surface area contributed by atoms with E-state index in [0.717, 1.165) is 30.4 Å². The molecule has 3 heterocycles. The van der Waals surface area contributed by atoms with Gasteiger partial charge in [0, 0.05) is 43.8 Å². The number of carbonyl (C=O) groups excluding carboxylic acids is 2. The van der Waals surface area contributed by atoms with Crippen molar-refractivity contribution in [2.24, 2.45) is 11.8 Å². The van der Waals surface area contributed by atoms with E-state index in [2.05, 4.69) is 11.4 Å². The Hall–Kier alpha value is -3.19. The molecule has 2 amide bonds. The van der Waals surface area contributed by atoms with E-state index >= 15 is 0 Å². The molecule has 7 nitrogen and oxygen atoms in total. The second-order valence-corrected chi connectivity index (χ2v) is 9.22. The standard InChI is InChI=1S/C26H29N3O4/c1-16(31)29-22-14-28-21(12-11-19(26(28)33)18-9-5-6-10-18)24(29)23(20(22)15-30)25(32)27-13-17-7-3-2-4-8-17/h2-4,7-9,11-12,20,22-24,30H,5-6,10,13-15H2,1H3,(H,27,32)/t20-,22-,23+,24+/m0/s1. The monoisotopic (exact) mass is 447 g/mol. The van der Waals surface area contributed by atoms with Crippen LogP contribution in [-0.2, 0) is 22.7 Å². The molecular formula is C26H29N3O4. The maximum absolute atomic E-state index is 13.4. The molecule has 2 bridgehead atoms. The number of pyridine rings is 1. The number of aliphatic hydroxyl groups is 1. The number of aromatic nitrogens is 1. The fourth-order valence-corrected chi connectivity index (χ4v) is 5.90. The first-order valence-electron chi connectivity index (χ1n) is 11.7. The number of hydrogen-bond acceptors (Lipinski definition) is 4. The van der Waals surface area contributed by atoms with Gasteiger partial charge in [-0.25, -0.2) is 0 Å². The number of nitrogens with zero attached hydrogens (tertiary/aromatic N) is 2. The van der Waals surface area contributed by atoms with Crippen LogP contribution >= 0.6 is 0 Å². The molecule has 0 spiro atoms. The summed E-state index contributed by atoms with van der Waals surface area (Å²) < 4.78 is 1.73. The van der Waals surface area contributed by atoms with E-state index in [1.807, 2.05) is 42.5 Å². The highest BCUT2D eigenvalue weighted by Crippen LogP contribution is 2.48. The van der Waals surface area contributed by atoms with Gasteiger partial charge in [-0.15, -0.1) is 0 Å². The topological polar surface area (TPSA) is 91.6 Å². The summed E-state index contributed by atoms with van der Waals surface area (Å²) in [6.45, 7) is 1.92. The number of hydrogen-bond donors (Lipinski definition) is 2. The zero-order valence-corrected chi connectivity index (χ0v) is 18.7. The number of carbonyl (C=O) groups is 2. The van der Waals surface area contributed by atoms with E-state index < -0.39 is 23.9 Å². The van der Waals surface area contributed by atoms with Crippen LogP contribution in [0.25, 0.3) is 5.57 Å².